The lowest BCUT2D eigenvalue weighted by molar-refractivity contribution is 0.149. The van der Waals surface area contributed by atoms with Gasteiger partial charge >= 0.3 is 0 Å². The molecule has 0 aliphatic rings. The van der Waals surface area contributed by atoms with Crippen molar-refractivity contribution in [2.75, 3.05) is 27.3 Å². The molecule has 74 valence electrons. The maximum Gasteiger partial charge on any atom is 0.0876 e. The number of aromatic nitrogens is 2. The van der Waals surface area contributed by atoms with Gasteiger partial charge in [0.05, 0.1) is 22.4 Å². The van der Waals surface area contributed by atoms with Gasteiger partial charge in [0.15, 0.2) is 0 Å². The molecule has 1 aromatic heterocycles. The average Bonchev–Trinajstić information content (AvgIpc) is 2.51. The number of hydrogen-bond donors (Lipinski definition) is 1. The Balaban J connectivity index is 2.63. The van der Waals surface area contributed by atoms with E-state index in [0.29, 0.717) is 6.61 Å². The third-order valence-electron chi connectivity index (χ3n) is 1.74. The van der Waals surface area contributed by atoms with Crippen molar-refractivity contribution >= 4 is 22.6 Å². The molecule has 0 saturated carbocycles. The van der Waals surface area contributed by atoms with Crippen LogP contribution in [0.1, 0.15) is 6.04 Å². The van der Waals surface area contributed by atoms with Gasteiger partial charge in [0.25, 0.3) is 0 Å². The van der Waals surface area contributed by atoms with Crippen LogP contribution in [-0.4, -0.2) is 37.1 Å². The highest BCUT2D eigenvalue weighted by Gasteiger charge is 2.10. The van der Waals surface area contributed by atoms with Gasteiger partial charge < -0.3 is 10.1 Å². The fourth-order valence-electron chi connectivity index (χ4n) is 1.17. The summed E-state index contributed by atoms with van der Waals surface area (Å²) >= 11 is 2.25. The van der Waals surface area contributed by atoms with E-state index in [-0.39, 0.29) is 6.04 Å². The molecule has 1 rings (SSSR count). The molecule has 0 bridgehead atoms. The van der Waals surface area contributed by atoms with E-state index in [2.05, 4.69) is 33.0 Å². The summed E-state index contributed by atoms with van der Waals surface area (Å²) in [5.74, 6) is 0. The average molecular weight is 295 g/mol. The molecule has 0 aromatic carbocycles. The third-order valence-corrected chi connectivity index (χ3v) is 2.30. The van der Waals surface area contributed by atoms with E-state index in [0.717, 1.165) is 10.1 Å². The van der Waals surface area contributed by atoms with Gasteiger partial charge in [-0.3, -0.25) is 4.68 Å². The standard InChI is InChI=1S/C8H14IN3O/c1-10-4-8(6-13-2)12-5-7(9)3-11-12/h3,5,8,10H,4,6H2,1-2H3. The Kier molecular flexibility index (Phi) is 4.68. The summed E-state index contributed by atoms with van der Waals surface area (Å²) in [6, 6.07) is 0.276. The fraction of sp³-hybridized carbons (Fsp3) is 0.625. The molecule has 4 nitrogen and oxygen atoms in total. The maximum absolute atomic E-state index is 5.12. The minimum Gasteiger partial charge on any atom is -0.382 e. The zero-order valence-corrected chi connectivity index (χ0v) is 9.98. The summed E-state index contributed by atoms with van der Waals surface area (Å²) < 4.78 is 8.20. The Hall–Kier alpha value is -0.140. The van der Waals surface area contributed by atoms with E-state index in [1.165, 1.54) is 0 Å². The van der Waals surface area contributed by atoms with E-state index in [9.17, 15) is 0 Å². The first-order chi connectivity index (χ1) is 6.27. The second-order valence-corrected chi connectivity index (χ2v) is 4.05. The predicted octanol–water partition coefficient (Wildman–Crippen LogP) is 0.895. The molecule has 13 heavy (non-hydrogen) atoms. The van der Waals surface area contributed by atoms with Crippen LogP contribution in [0.2, 0.25) is 0 Å². The van der Waals surface area contributed by atoms with Crippen LogP contribution in [0.15, 0.2) is 12.4 Å². The first kappa shape index (κ1) is 10.9. The summed E-state index contributed by atoms with van der Waals surface area (Å²) in [6.45, 7) is 1.55. The van der Waals surface area contributed by atoms with Crippen molar-refractivity contribution < 1.29 is 4.74 Å². The first-order valence-electron chi connectivity index (χ1n) is 4.11. The van der Waals surface area contributed by atoms with Crippen LogP contribution in [-0.2, 0) is 4.74 Å². The van der Waals surface area contributed by atoms with Gasteiger partial charge in [0, 0.05) is 19.9 Å². The summed E-state index contributed by atoms with van der Waals surface area (Å²) in [5, 5.41) is 7.36. The molecule has 0 fully saturated rings. The predicted molar refractivity (Wildman–Crippen MR) is 59.8 cm³/mol. The van der Waals surface area contributed by atoms with Crippen molar-refractivity contribution in [3.05, 3.63) is 16.0 Å². The Morgan fingerprint density at radius 3 is 3.00 bits per heavy atom. The molecule has 0 aliphatic heterocycles. The number of ether oxygens (including phenoxy) is 1. The number of hydrogen-bond acceptors (Lipinski definition) is 3. The summed E-state index contributed by atoms with van der Waals surface area (Å²) in [5.41, 5.74) is 0. The number of halogens is 1. The highest BCUT2D eigenvalue weighted by atomic mass is 127. The van der Waals surface area contributed by atoms with Crippen molar-refractivity contribution in [1.82, 2.24) is 15.1 Å². The van der Waals surface area contributed by atoms with Crippen LogP contribution in [0.3, 0.4) is 0 Å². The fourth-order valence-corrected chi connectivity index (χ4v) is 1.58. The monoisotopic (exact) mass is 295 g/mol. The molecule has 1 N–H and O–H groups in total. The Morgan fingerprint density at radius 1 is 1.77 bits per heavy atom. The zero-order chi connectivity index (χ0) is 9.68. The van der Waals surface area contributed by atoms with Gasteiger partial charge in [-0.2, -0.15) is 5.10 Å². The largest absolute Gasteiger partial charge is 0.382 e. The quantitative estimate of drug-likeness (QED) is 0.820. The zero-order valence-electron chi connectivity index (χ0n) is 7.83. The van der Waals surface area contributed by atoms with Gasteiger partial charge in [0.1, 0.15) is 0 Å². The number of nitrogens with one attached hydrogen (secondary N) is 1. The van der Waals surface area contributed by atoms with Gasteiger partial charge in [-0.15, -0.1) is 0 Å². The molecule has 1 unspecified atom stereocenters. The van der Waals surface area contributed by atoms with E-state index in [4.69, 9.17) is 4.74 Å². The molecule has 0 aliphatic carbocycles. The second kappa shape index (κ2) is 5.56. The van der Waals surface area contributed by atoms with E-state index >= 15 is 0 Å². The SMILES string of the molecule is CNCC(COC)n1cc(I)cn1. The molecule has 1 atom stereocenters. The van der Waals surface area contributed by atoms with Gasteiger partial charge in [0.2, 0.25) is 0 Å². The van der Waals surface area contributed by atoms with Crippen molar-refractivity contribution in [1.29, 1.82) is 0 Å². The third kappa shape index (κ3) is 3.24. The Morgan fingerprint density at radius 2 is 2.54 bits per heavy atom. The van der Waals surface area contributed by atoms with Crippen molar-refractivity contribution in [3.8, 4) is 0 Å². The number of rotatable bonds is 5. The maximum atomic E-state index is 5.12. The van der Waals surface area contributed by atoms with Crippen LogP contribution < -0.4 is 5.32 Å². The van der Waals surface area contributed by atoms with Gasteiger partial charge in [-0.05, 0) is 29.6 Å². The highest BCUT2D eigenvalue weighted by Crippen LogP contribution is 2.08. The lowest BCUT2D eigenvalue weighted by Gasteiger charge is -2.15. The molecular formula is C8H14IN3O. The molecular weight excluding hydrogens is 281 g/mol. The van der Waals surface area contributed by atoms with Crippen LogP contribution in [0, 0.1) is 3.57 Å². The first-order valence-corrected chi connectivity index (χ1v) is 5.19. The molecule has 1 heterocycles. The van der Waals surface area contributed by atoms with Crippen molar-refractivity contribution in [3.63, 3.8) is 0 Å². The molecule has 0 spiro atoms. The minimum absolute atomic E-state index is 0.276. The van der Waals surface area contributed by atoms with Gasteiger partial charge in [-0.25, -0.2) is 0 Å². The van der Waals surface area contributed by atoms with Crippen molar-refractivity contribution in [2.45, 2.75) is 6.04 Å². The lowest BCUT2D eigenvalue weighted by Crippen LogP contribution is -2.26. The molecule has 1 aromatic rings. The Bertz CT molecular complexity index is 245. The number of methoxy groups -OCH3 is 1. The number of nitrogens with zero attached hydrogens (tertiary/aromatic N) is 2. The summed E-state index contributed by atoms with van der Waals surface area (Å²) in [7, 11) is 3.63. The molecule has 0 saturated heterocycles. The van der Waals surface area contributed by atoms with Crippen LogP contribution >= 0.6 is 22.6 Å². The van der Waals surface area contributed by atoms with Crippen LogP contribution in [0.5, 0.6) is 0 Å². The van der Waals surface area contributed by atoms with Crippen LogP contribution in [0.25, 0.3) is 0 Å². The lowest BCUT2D eigenvalue weighted by atomic mass is 10.3. The normalized spacial score (nSPS) is 13.2. The highest BCUT2D eigenvalue weighted by molar-refractivity contribution is 14.1. The summed E-state index contributed by atoms with van der Waals surface area (Å²) in [6.07, 6.45) is 3.86. The second-order valence-electron chi connectivity index (χ2n) is 2.81. The Labute approximate surface area is 91.8 Å². The number of likely N-dealkylation sites (N-methyl/N-ethyl adjacent to an activating group) is 1. The molecule has 0 radical (unpaired) electrons. The minimum atomic E-state index is 0.276. The van der Waals surface area contributed by atoms with Crippen LogP contribution in [0.4, 0.5) is 0 Å². The smallest absolute Gasteiger partial charge is 0.0876 e. The molecule has 5 heteroatoms. The van der Waals surface area contributed by atoms with Gasteiger partial charge in [-0.1, -0.05) is 0 Å². The van der Waals surface area contributed by atoms with Crippen molar-refractivity contribution in [2.24, 2.45) is 0 Å². The topological polar surface area (TPSA) is 39.1 Å². The summed E-state index contributed by atoms with van der Waals surface area (Å²) in [4.78, 5) is 0. The van der Waals surface area contributed by atoms with E-state index in [1.807, 2.05) is 24.1 Å². The van der Waals surface area contributed by atoms with E-state index in [1.54, 1.807) is 7.11 Å². The van der Waals surface area contributed by atoms with E-state index < -0.39 is 0 Å². The molecule has 0 amide bonds.